The van der Waals surface area contributed by atoms with Gasteiger partial charge in [0.2, 0.25) is 10.0 Å². The molecule has 0 aliphatic carbocycles. The summed E-state index contributed by atoms with van der Waals surface area (Å²) in [6.45, 7) is 4.35. The predicted molar refractivity (Wildman–Crippen MR) is 134 cm³/mol. The number of hydrogen-bond donors (Lipinski definition) is 0. The van der Waals surface area contributed by atoms with Crippen LogP contribution in [0.15, 0.2) is 52.4 Å². The zero-order valence-corrected chi connectivity index (χ0v) is 21.7. The molecule has 2 aromatic carbocycles. The van der Waals surface area contributed by atoms with Gasteiger partial charge in [-0.05, 0) is 56.0 Å². The van der Waals surface area contributed by atoms with Gasteiger partial charge in [0.05, 0.1) is 28.1 Å². The van der Waals surface area contributed by atoms with E-state index in [0.29, 0.717) is 24.2 Å². The van der Waals surface area contributed by atoms with Crippen LogP contribution in [0.25, 0.3) is 10.2 Å². The highest BCUT2D eigenvalue weighted by Crippen LogP contribution is 2.25. The van der Waals surface area contributed by atoms with E-state index < -0.39 is 21.9 Å². The van der Waals surface area contributed by atoms with E-state index >= 15 is 0 Å². The van der Waals surface area contributed by atoms with Crippen LogP contribution in [0.3, 0.4) is 0 Å². The normalized spacial score (nSPS) is 17.6. The van der Waals surface area contributed by atoms with Crippen LogP contribution in [-0.2, 0) is 37.3 Å². The topological polar surface area (TPSA) is 98.0 Å². The summed E-state index contributed by atoms with van der Waals surface area (Å²) in [5, 5.41) is 0. The molecule has 0 saturated carbocycles. The van der Waals surface area contributed by atoms with Gasteiger partial charge in [0.1, 0.15) is 6.54 Å². The van der Waals surface area contributed by atoms with E-state index in [-0.39, 0.29) is 23.9 Å². The summed E-state index contributed by atoms with van der Waals surface area (Å²) in [6.07, 6.45) is 2.00. The van der Waals surface area contributed by atoms with Crippen LogP contribution in [0.1, 0.15) is 30.9 Å². The van der Waals surface area contributed by atoms with E-state index in [2.05, 4.69) is 11.9 Å². The van der Waals surface area contributed by atoms with Crippen molar-refractivity contribution in [3.05, 3.63) is 58.4 Å². The molecular weight excluding hydrogens is 486 g/mol. The van der Waals surface area contributed by atoms with Crippen LogP contribution < -0.4 is 4.80 Å². The highest BCUT2D eigenvalue weighted by molar-refractivity contribution is 7.89. The number of thiazole rings is 1. The molecule has 1 fully saturated rings. The molecule has 1 aliphatic heterocycles. The third kappa shape index (κ3) is 5.39. The number of piperidine rings is 1. The van der Waals surface area contributed by atoms with Crippen molar-refractivity contribution in [1.82, 2.24) is 8.87 Å². The molecule has 1 saturated heterocycles. The largest absolute Gasteiger partial charge is 0.468 e. The summed E-state index contributed by atoms with van der Waals surface area (Å²) in [6, 6.07) is 12.7. The lowest BCUT2D eigenvalue weighted by Gasteiger charge is -2.30. The molecule has 1 aliphatic rings. The molecule has 0 bridgehead atoms. The summed E-state index contributed by atoms with van der Waals surface area (Å²) >= 11 is 1.34. The number of ether oxygens (including phenoxy) is 1. The number of carbonyl (C=O) groups is 2. The maximum Gasteiger partial charge on any atom is 0.325 e. The highest BCUT2D eigenvalue weighted by Gasteiger charge is 2.33. The Hall–Kier alpha value is -2.82. The highest BCUT2D eigenvalue weighted by atomic mass is 32.2. The molecule has 3 aromatic rings. The molecule has 4 rings (SSSR count). The van der Waals surface area contributed by atoms with Gasteiger partial charge < -0.3 is 9.30 Å². The molecule has 8 nitrogen and oxygen atoms in total. The molecule has 0 N–H and O–H groups in total. The number of benzene rings is 2. The number of esters is 1. The zero-order valence-electron chi connectivity index (χ0n) is 20.1. The second-order valence-electron chi connectivity index (χ2n) is 8.67. The summed E-state index contributed by atoms with van der Waals surface area (Å²) in [4.78, 5) is 30.3. The Balaban J connectivity index is 1.65. The smallest absolute Gasteiger partial charge is 0.325 e. The molecule has 1 atom stereocenters. The second-order valence-corrected chi connectivity index (χ2v) is 11.6. The standard InChI is InChI=1S/C25H29N3O5S2/c1-4-18-9-12-21-22(14-18)34-25(28(21)16-23(29)33-3)26-24(30)19-6-5-13-27(15-19)35(31,32)20-10-7-17(2)8-11-20/h7-12,14,19H,4-6,13,15-16H2,1-3H3. The van der Waals surface area contributed by atoms with Crippen molar-refractivity contribution in [2.24, 2.45) is 10.9 Å². The molecule has 35 heavy (non-hydrogen) atoms. The van der Waals surface area contributed by atoms with Crippen LogP contribution in [0.5, 0.6) is 0 Å². The van der Waals surface area contributed by atoms with Crippen LogP contribution in [0.4, 0.5) is 0 Å². The fourth-order valence-corrected chi connectivity index (χ4v) is 6.80. The maximum absolute atomic E-state index is 13.2. The van der Waals surface area contributed by atoms with Gasteiger partial charge in [-0.15, -0.1) is 0 Å². The lowest BCUT2D eigenvalue weighted by molar-refractivity contribution is -0.141. The van der Waals surface area contributed by atoms with Crippen LogP contribution in [0.2, 0.25) is 0 Å². The summed E-state index contributed by atoms with van der Waals surface area (Å²) in [7, 11) is -2.38. The van der Waals surface area contributed by atoms with Gasteiger partial charge in [0, 0.05) is 13.1 Å². The molecular formula is C25H29N3O5S2. The number of sulfonamides is 1. The molecule has 0 spiro atoms. The second kappa shape index (κ2) is 10.4. The Morgan fingerprint density at radius 1 is 1.17 bits per heavy atom. The van der Waals surface area contributed by atoms with E-state index in [1.807, 2.05) is 25.1 Å². The Morgan fingerprint density at radius 2 is 1.91 bits per heavy atom. The zero-order chi connectivity index (χ0) is 25.2. The quantitative estimate of drug-likeness (QED) is 0.470. The summed E-state index contributed by atoms with van der Waals surface area (Å²) < 4.78 is 35.1. The van der Waals surface area contributed by atoms with Gasteiger partial charge in [-0.1, -0.05) is 42.0 Å². The first-order valence-corrected chi connectivity index (χ1v) is 13.8. The third-order valence-electron chi connectivity index (χ3n) is 6.27. The van der Waals surface area contributed by atoms with Gasteiger partial charge in [-0.3, -0.25) is 9.59 Å². The predicted octanol–water partition coefficient (Wildman–Crippen LogP) is 3.27. The molecule has 1 unspecified atom stereocenters. The first kappa shape index (κ1) is 25.3. The minimum atomic E-state index is -3.70. The van der Waals surface area contributed by atoms with Gasteiger partial charge in [0.25, 0.3) is 5.91 Å². The monoisotopic (exact) mass is 515 g/mol. The van der Waals surface area contributed by atoms with Crippen molar-refractivity contribution in [1.29, 1.82) is 0 Å². The Morgan fingerprint density at radius 3 is 2.60 bits per heavy atom. The number of aromatic nitrogens is 1. The van der Waals surface area contributed by atoms with Crippen LogP contribution in [0, 0.1) is 12.8 Å². The van der Waals surface area contributed by atoms with Crippen molar-refractivity contribution in [2.45, 2.75) is 44.6 Å². The SMILES string of the molecule is CCc1ccc2c(c1)sc(=NC(=O)C1CCCN(S(=O)(=O)c3ccc(C)cc3)C1)n2CC(=O)OC. The minimum absolute atomic E-state index is 0.0628. The van der Waals surface area contributed by atoms with Crippen LogP contribution in [-0.4, -0.2) is 49.4 Å². The van der Waals surface area contributed by atoms with Gasteiger partial charge in [-0.25, -0.2) is 8.42 Å². The molecule has 10 heteroatoms. The number of hydrogen-bond acceptors (Lipinski definition) is 6. The number of amides is 1. The van der Waals surface area contributed by atoms with Gasteiger partial charge >= 0.3 is 5.97 Å². The number of nitrogens with zero attached hydrogens (tertiary/aromatic N) is 3. The van der Waals surface area contributed by atoms with Crippen molar-refractivity contribution in [3.63, 3.8) is 0 Å². The number of carbonyl (C=O) groups excluding carboxylic acids is 2. The van der Waals surface area contributed by atoms with Gasteiger partial charge in [0.15, 0.2) is 4.80 Å². The van der Waals surface area contributed by atoms with Crippen molar-refractivity contribution in [3.8, 4) is 0 Å². The molecule has 0 radical (unpaired) electrons. The summed E-state index contributed by atoms with van der Waals surface area (Å²) in [5.74, 6) is -1.37. The molecule has 1 amide bonds. The summed E-state index contributed by atoms with van der Waals surface area (Å²) in [5.41, 5.74) is 2.92. The Kier molecular flexibility index (Phi) is 7.53. The van der Waals surface area contributed by atoms with Crippen LogP contribution >= 0.6 is 11.3 Å². The maximum atomic E-state index is 13.2. The lowest BCUT2D eigenvalue weighted by atomic mass is 9.99. The third-order valence-corrected chi connectivity index (χ3v) is 9.19. The Bertz CT molecular complexity index is 1420. The van der Waals surface area contributed by atoms with Gasteiger partial charge in [-0.2, -0.15) is 9.30 Å². The Labute approximate surface area is 208 Å². The van der Waals surface area contributed by atoms with E-state index in [4.69, 9.17) is 4.74 Å². The average molecular weight is 516 g/mol. The number of methoxy groups -OCH3 is 1. The molecule has 1 aromatic heterocycles. The average Bonchev–Trinajstić information content (AvgIpc) is 3.19. The number of fused-ring (bicyclic) bond motifs is 1. The molecule has 186 valence electrons. The van der Waals surface area contributed by atoms with Crippen molar-refractivity contribution in [2.75, 3.05) is 20.2 Å². The van der Waals surface area contributed by atoms with Crippen molar-refractivity contribution >= 4 is 43.5 Å². The first-order chi connectivity index (χ1) is 16.7. The molecule has 2 heterocycles. The lowest BCUT2D eigenvalue weighted by Crippen LogP contribution is -2.42. The fourth-order valence-electron chi connectivity index (χ4n) is 4.18. The first-order valence-electron chi connectivity index (χ1n) is 11.6. The van der Waals surface area contributed by atoms with Crippen molar-refractivity contribution < 1.29 is 22.7 Å². The fraction of sp³-hybridized carbons (Fsp3) is 0.400. The van der Waals surface area contributed by atoms with E-state index in [0.717, 1.165) is 27.8 Å². The van der Waals surface area contributed by atoms with E-state index in [1.54, 1.807) is 28.8 Å². The van der Waals surface area contributed by atoms with E-state index in [1.165, 1.54) is 22.8 Å². The van der Waals surface area contributed by atoms with E-state index in [9.17, 15) is 18.0 Å². The number of rotatable bonds is 6. The minimum Gasteiger partial charge on any atom is -0.468 e. The number of aryl methyl sites for hydroxylation is 2.